The Morgan fingerprint density at radius 1 is 0.301 bits per heavy atom. The van der Waals surface area contributed by atoms with Gasteiger partial charge in [0.15, 0.2) is 0 Å². The molecule has 0 saturated carbocycles. The minimum atomic E-state index is -0.586. The number of thiophene rings is 1. The predicted octanol–water partition coefficient (Wildman–Crippen LogP) is 21.8. The van der Waals surface area contributed by atoms with Crippen molar-refractivity contribution in [2.24, 2.45) is 0 Å². The standard InChI is InChI=1S/C79H53N3S/c1-7-25-54(26-8-1)55-43-45-62(46-44-55)80(59-31-13-4-14-32-59)64-49-56(70-53-71-68-38-20-23-41-74(68)82(61-35-17-6-18-36-61)77(71)76-69-39-21-24-42-75(69)83-78(70)76)50-65(51-64)81(60-33-15-5-16-34-60)63-47-48-67-66-37-19-22-40-72(66)79(73(67)52-63,57-27-9-2-10-28-57)58-29-11-3-12-30-58/h1-53H. The van der Waals surface area contributed by atoms with E-state index in [0.29, 0.717) is 0 Å². The number of benzene rings is 13. The van der Waals surface area contributed by atoms with Gasteiger partial charge in [-0.1, -0.05) is 224 Å². The Morgan fingerprint density at radius 3 is 1.46 bits per heavy atom. The minimum Gasteiger partial charge on any atom is -0.310 e. The largest absolute Gasteiger partial charge is 0.310 e. The maximum absolute atomic E-state index is 2.49. The molecule has 15 aromatic rings. The normalized spacial score (nSPS) is 12.4. The molecule has 0 aliphatic heterocycles. The predicted molar refractivity (Wildman–Crippen MR) is 351 cm³/mol. The summed E-state index contributed by atoms with van der Waals surface area (Å²) in [4.78, 5) is 4.92. The van der Waals surface area contributed by atoms with E-state index in [4.69, 9.17) is 0 Å². The highest BCUT2D eigenvalue weighted by atomic mass is 32.1. The maximum atomic E-state index is 2.49. The van der Waals surface area contributed by atoms with Crippen molar-refractivity contribution in [2.75, 3.05) is 9.80 Å². The van der Waals surface area contributed by atoms with Crippen LogP contribution in [0.2, 0.25) is 0 Å². The molecule has 1 aliphatic carbocycles. The quantitative estimate of drug-likeness (QED) is 0.128. The minimum absolute atomic E-state index is 0.586. The number of para-hydroxylation sites is 4. The average Bonchev–Trinajstić information content (AvgIpc) is 2.83. The monoisotopic (exact) mass is 1080 g/mol. The fraction of sp³-hybridized carbons (Fsp3) is 0.0127. The zero-order valence-electron chi connectivity index (χ0n) is 45.3. The molecule has 0 saturated heterocycles. The third-order valence-corrected chi connectivity index (χ3v) is 18.2. The molecule has 13 aromatic carbocycles. The van der Waals surface area contributed by atoms with Crippen molar-refractivity contribution in [3.63, 3.8) is 0 Å². The lowest BCUT2D eigenvalue weighted by Gasteiger charge is -2.35. The second kappa shape index (κ2) is 19.9. The van der Waals surface area contributed by atoms with Crippen LogP contribution in [0.15, 0.2) is 322 Å². The van der Waals surface area contributed by atoms with E-state index < -0.39 is 5.41 Å². The smallest absolute Gasteiger partial charge is 0.0714 e. The molecule has 0 fully saturated rings. The fourth-order valence-electron chi connectivity index (χ4n) is 13.5. The maximum Gasteiger partial charge on any atom is 0.0714 e. The molecular formula is C79H53N3S. The first-order valence-corrected chi connectivity index (χ1v) is 29.3. The Morgan fingerprint density at radius 2 is 0.795 bits per heavy atom. The van der Waals surface area contributed by atoms with Crippen molar-refractivity contribution in [2.45, 2.75) is 5.41 Å². The van der Waals surface area contributed by atoms with E-state index in [9.17, 15) is 0 Å². The summed E-state index contributed by atoms with van der Waals surface area (Å²) in [5, 5.41) is 4.95. The van der Waals surface area contributed by atoms with Crippen molar-refractivity contribution in [1.29, 1.82) is 0 Å². The SMILES string of the molecule is c1ccc(-c2ccc(N(c3ccccc3)c3cc(-c4cc5c6ccccc6n(-c6ccccc6)c5c5c4sc4ccccc45)cc(N(c4ccccc4)c4ccc5c(c4)C(c4ccccc4)(c4ccccc4)c4ccccc4-5)c3)cc2)cc1. The van der Waals surface area contributed by atoms with Gasteiger partial charge in [0.25, 0.3) is 0 Å². The molecule has 0 amide bonds. The van der Waals surface area contributed by atoms with Crippen LogP contribution in [0.1, 0.15) is 22.3 Å². The van der Waals surface area contributed by atoms with Crippen molar-refractivity contribution >= 4 is 87.4 Å². The van der Waals surface area contributed by atoms with Gasteiger partial charge in [-0.3, -0.25) is 0 Å². The molecule has 390 valence electrons. The molecule has 2 aromatic heterocycles. The zero-order chi connectivity index (χ0) is 54.8. The second-order valence-electron chi connectivity index (χ2n) is 21.6. The molecule has 4 heteroatoms. The molecule has 0 bridgehead atoms. The van der Waals surface area contributed by atoms with E-state index in [-0.39, 0.29) is 0 Å². The van der Waals surface area contributed by atoms with Gasteiger partial charge in [-0.25, -0.2) is 0 Å². The van der Waals surface area contributed by atoms with Gasteiger partial charge in [0, 0.05) is 76.3 Å². The second-order valence-corrected chi connectivity index (χ2v) is 22.6. The van der Waals surface area contributed by atoms with Gasteiger partial charge in [-0.05, 0) is 147 Å². The number of aromatic nitrogens is 1. The summed E-state index contributed by atoms with van der Waals surface area (Å²) in [6.45, 7) is 0. The molecule has 3 nitrogen and oxygen atoms in total. The highest BCUT2D eigenvalue weighted by Gasteiger charge is 2.46. The lowest BCUT2D eigenvalue weighted by molar-refractivity contribution is 0.768. The third-order valence-electron chi connectivity index (χ3n) is 17.0. The summed E-state index contributed by atoms with van der Waals surface area (Å²) in [5.74, 6) is 0. The molecular weight excluding hydrogens is 1020 g/mol. The molecule has 0 atom stereocenters. The Labute approximate surface area is 487 Å². The molecule has 1 aliphatic rings. The van der Waals surface area contributed by atoms with Gasteiger partial charge < -0.3 is 14.4 Å². The lowest BCUT2D eigenvalue weighted by Crippen LogP contribution is -2.28. The van der Waals surface area contributed by atoms with Crippen LogP contribution in [0, 0.1) is 0 Å². The summed E-state index contributed by atoms with van der Waals surface area (Å²) in [6, 6.07) is 119. The number of hydrogen-bond donors (Lipinski definition) is 0. The van der Waals surface area contributed by atoms with Crippen molar-refractivity contribution in [3.05, 3.63) is 344 Å². The molecule has 0 radical (unpaired) electrons. The van der Waals surface area contributed by atoms with E-state index in [0.717, 1.165) is 45.4 Å². The van der Waals surface area contributed by atoms with Crippen LogP contribution in [0.25, 0.3) is 81.0 Å². The Kier molecular flexibility index (Phi) is 11.6. The number of nitrogens with zero attached hydrogens (tertiary/aromatic N) is 3. The van der Waals surface area contributed by atoms with Gasteiger partial charge in [-0.2, -0.15) is 0 Å². The Balaban J connectivity index is 1.00. The first-order valence-electron chi connectivity index (χ1n) is 28.5. The van der Waals surface area contributed by atoms with Crippen LogP contribution < -0.4 is 9.80 Å². The zero-order valence-corrected chi connectivity index (χ0v) is 46.2. The number of anilines is 6. The molecule has 0 N–H and O–H groups in total. The Hall–Kier alpha value is -10.5. The van der Waals surface area contributed by atoms with Crippen molar-refractivity contribution in [1.82, 2.24) is 4.57 Å². The Bertz CT molecular complexity index is 4840. The summed E-state index contributed by atoms with van der Waals surface area (Å²) in [5.41, 5.74) is 21.4. The van der Waals surface area contributed by atoms with Crippen molar-refractivity contribution in [3.8, 4) is 39.1 Å². The van der Waals surface area contributed by atoms with Crippen LogP contribution in [0.5, 0.6) is 0 Å². The van der Waals surface area contributed by atoms with E-state index in [1.807, 2.05) is 11.3 Å². The highest BCUT2D eigenvalue weighted by molar-refractivity contribution is 7.26. The van der Waals surface area contributed by atoms with E-state index in [1.165, 1.54) is 92.0 Å². The number of fused-ring (bicyclic) bond motifs is 10. The summed E-state index contributed by atoms with van der Waals surface area (Å²) in [6.07, 6.45) is 0. The molecule has 0 spiro atoms. The van der Waals surface area contributed by atoms with Crippen LogP contribution in [0.3, 0.4) is 0 Å². The van der Waals surface area contributed by atoms with Crippen LogP contribution in [0.4, 0.5) is 34.1 Å². The molecule has 0 unspecified atom stereocenters. The van der Waals surface area contributed by atoms with Crippen LogP contribution in [-0.2, 0) is 5.41 Å². The first kappa shape index (κ1) is 48.4. The van der Waals surface area contributed by atoms with Crippen molar-refractivity contribution < 1.29 is 0 Å². The van der Waals surface area contributed by atoms with Crippen LogP contribution >= 0.6 is 11.3 Å². The molecule has 2 heterocycles. The number of hydrogen-bond acceptors (Lipinski definition) is 3. The highest BCUT2D eigenvalue weighted by Crippen LogP contribution is 2.58. The summed E-state index contributed by atoms with van der Waals surface area (Å²) >= 11 is 1.89. The number of rotatable bonds is 11. The average molecular weight is 1080 g/mol. The third kappa shape index (κ3) is 7.86. The lowest BCUT2D eigenvalue weighted by atomic mass is 9.67. The van der Waals surface area contributed by atoms with E-state index >= 15 is 0 Å². The fourth-order valence-corrected chi connectivity index (χ4v) is 14.7. The van der Waals surface area contributed by atoms with Crippen LogP contribution in [-0.4, -0.2) is 4.57 Å². The topological polar surface area (TPSA) is 11.4 Å². The molecule has 16 rings (SSSR count). The van der Waals surface area contributed by atoms with E-state index in [2.05, 4.69) is 336 Å². The van der Waals surface area contributed by atoms with Gasteiger partial charge in [0.1, 0.15) is 0 Å². The van der Waals surface area contributed by atoms with E-state index in [1.54, 1.807) is 0 Å². The summed E-state index contributed by atoms with van der Waals surface area (Å²) in [7, 11) is 0. The van der Waals surface area contributed by atoms with Gasteiger partial charge in [0.05, 0.1) is 16.4 Å². The van der Waals surface area contributed by atoms with Gasteiger partial charge in [0.2, 0.25) is 0 Å². The molecule has 83 heavy (non-hydrogen) atoms. The van der Waals surface area contributed by atoms with Gasteiger partial charge in [-0.15, -0.1) is 11.3 Å². The summed E-state index contributed by atoms with van der Waals surface area (Å²) < 4.78 is 4.99. The first-order chi connectivity index (χ1) is 41.2. The van der Waals surface area contributed by atoms with Gasteiger partial charge >= 0.3 is 0 Å².